The van der Waals surface area contributed by atoms with Crippen LogP contribution in [0.3, 0.4) is 0 Å². The van der Waals surface area contributed by atoms with Crippen LogP contribution in [0, 0.1) is 0 Å². The molecule has 2 heterocycles. The van der Waals surface area contributed by atoms with Gasteiger partial charge in [0.25, 0.3) is 0 Å². The Kier molecular flexibility index (Phi) is 6.05. The SMILES string of the molecule is Brc1ccc(N2c3ccccc3Oc3ccccc32)cc1-c1cc(N2c3ccccc3Oc3ccccc32)ccc1Br. The second-order valence-electron chi connectivity index (χ2n) is 10.1. The van der Waals surface area contributed by atoms with Gasteiger partial charge in [0.15, 0.2) is 23.0 Å². The molecule has 2 aliphatic heterocycles. The number of fused-ring (bicyclic) bond motifs is 4. The van der Waals surface area contributed by atoms with E-state index in [1.807, 2.05) is 72.8 Å². The molecular formula is C36H22Br2N2O2. The quantitative estimate of drug-likeness (QED) is 0.186. The van der Waals surface area contributed by atoms with Crippen molar-refractivity contribution >= 4 is 66.0 Å². The highest BCUT2D eigenvalue weighted by Crippen LogP contribution is 2.53. The smallest absolute Gasteiger partial charge is 0.151 e. The molecule has 0 radical (unpaired) electrons. The predicted octanol–water partition coefficient (Wildman–Crippen LogP) is 12.0. The Bertz CT molecular complexity index is 1770. The maximum atomic E-state index is 6.25. The van der Waals surface area contributed by atoms with Gasteiger partial charge in [0.05, 0.1) is 22.7 Å². The standard InChI is InChI=1S/C36H22Br2N2O2/c37-27-19-17-23(39-29-9-1-5-13-33(29)41-34-14-6-2-10-30(34)39)21-25(27)26-22-24(18-20-28(26)38)40-31-11-3-7-15-35(31)42-36-16-8-4-12-32(36)40/h1-22H. The van der Waals surface area contributed by atoms with Crippen LogP contribution in [0.25, 0.3) is 11.1 Å². The van der Waals surface area contributed by atoms with E-state index in [1.54, 1.807) is 0 Å². The molecule has 6 heteroatoms. The van der Waals surface area contributed by atoms with Gasteiger partial charge in [0.1, 0.15) is 0 Å². The number of hydrogen-bond acceptors (Lipinski definition) is 4. The first-order valence-corrected chi connectivity index (χ1v) is 15.2. The van der Waals surface area contributed by atoms with E-state index < -0.39 is 0 Å². The predicted molar refractivity (Wildman–Crippen MR) is 177 cm³/mol. The van der Waals surface area contributed by atoms with Gasteiger partial charge in [-0.3, -0.25) is 0 Å². The second kappa shape index (κ2) is 10.1. The number of rotatable bonds is 3. The minimum absolute atomic E-state index is 0.827. The summed E-state index contributed by atoms with van der Waals surface area (Å²) in [4.78, 5) is 4.52. The summed E-state index contributed by atoms with van der Waals surface area (Å²) in [6.07, 6.45) is 0. The van der Waals surface area contributed by atoms with E-state index in [0.29, 0.717) is 0 Å². The molecule has 0 saturated heterocycles. The van der Waals surface area contributed by atoms with E-state index in [2.05, 4.69) is 102 Å². The molecule has 0 bridgehead atoms. The van der Waals surface area contributed by atoms with E-state index in [4.69, 9.17) is 9.47 Å². The van der Waals surface area contributed by atoms with Crippen molar-refractivity contribution in [2.45, 2.75) is 0 Å². The van der Waals surface area contributed by atoms with Crippen LogP contribution in [-0.4, -0.2) is 0 Å². The zero-order chi connectivity index (χ0) is 28.2. The second-order valence-corrected chi connectivity index (χ2v) is 11.8. The molecule has 2 aliphatic rings. The molecule has 6 aromatic carbocycles. The highest BCUT2D eigenvalue weighted by molar-refractivity contribution is 9.11. The lowest BCUT2D eigenvalue weighted by atomic mass is 10.0. The summed E-state index contributed by atoms with van der Waals surface area (Å²) in [6, 6.07) is 45.6. The highest BCUT2D eigenvalue weighted by Gasteiger charge is 2.28. The number of ether oxygens (including phenoxy) is 2. The Balaban J connectivity index is 1.29. The van der Waals surface area contributed by atoms with Crippen molar-refractivity contribution < 1.29 is 9.47 Å². The summed E-state index contributed by atoms with van der Waals surface area (Å²) in [6.45, 7) is 0. The van der Waals surface area contributed by atoms with Crippen LogP contribution in [0.4, 0.5) is 34.1 Å². The molecular weight excluding hydrogens is 652 g/mol. The number of nitrogens with zero attached hydrogens (tertiary/aromatic N) is 2. The van der Waals surface area contributed by atoms with Crippen molar-refractivity contribution in [2.75, 3.05) is 9.80 Å². The van der Waals surface area contributed by atoms with E-state index in [-0.39, 0.29) is 0 Å². The van der Waals surface area contributed by atoms with Crippen molar-refractivity contribution in [3.8, 4) is 34.1 Å². The maximum absolute atomic E-state index is 6.25. The third-order valence-electron chi connectivity index (χ3n) is 7.57. The largest absolute Gasteiger partial charge is 0.453 e. The Morgan fingerprint density at radius 3 is 1.02 bits per heavy atom. The Labute approximate surface area is 260 Å². The highest BCUT2D eigenvalue weighted by atomic mass is 79.9. The molecule has 0 saturated carbocycles. The minimum Gasteiger partial charge on any atom is -0.453 e. The topological polar surface area (TPSA) is 24.9 Å². The average molecular weight is 674 g/mol. The Hall–Kier alpha value is -4.52. The Morgan fingerprint density at radius 2 is 0.690 bits per heavy atom. The molecule has 0 unspecified atom stereocenters. The molecule has 0 spiro atoms. The van der Waals surface area contributed by atoms with Gasteiger partial charge in [-0.15, -0.1) is 0 Å². The van der Waals surface area contributed by atoms with Gasteiger partial charge in [-0.05, 0) is 96.1 Å². The molecule has 202 valence electrons. The summed E-state index contributed by atoms with van der Waals surface area (Å²) < 4.78 is 14.5. The number of para-hydroxylation sites is 8. The van der Waals surface area contributed by atoms with Gasteiger partial charge in [0, 0.05) is 20.3 Å². The Morgan fingerprint density at radius 1 is 0.381 bits per heavy atom. The van der Waals surface area contributed by atoms with E-state index >= 15 is 0 Å². The molecule has 0 aliphatic carbocycles. The average Bonchev–Trinajstić information content (AvgIpc) is 3.03. The monoisotopic (exact) mass is 672 g/mol. The number of benzene rings is 6. The van der Waals surface area contributed by atoms with E-state index in [9.17, 15) is 0 Å². The van der Waals surface area contributed by atoms with Gasteiger partial charge in [-0.2, -0.15) is 0 Å². The van der Waals surface area contributed by atoms with Crippen molar-refractivity contribution in [3.63, 3.8) is 0 Å². The number of halogens is 2. The van der Waals surface area contributed by atoms with E-state index in [1.165, 1.54) is 0 Å². The molecule has 42 heavy (non-hydrogen) atoms. The van der Waals surface area contributed by atoms with Gasteiger partial charge in [0.2, 0.25) is 0 Å². The zero-order valence-corrected chi connectivity index (χ0v) is 25.3. The molecule has 4 nitrogen and oxygen atoms in total. The van der Waals surface area contributed by atoms with Crippen molar-refractivity contribution in [2.24, 2.45) is 0 Å². The minimum atomic E-state index is 0.827. The van der Waals surface area contributed by atoms with Crippen molar-refractivity contribution in [1.82, 2.24) is 0 Å². The number of anilines is 6. The fraction of sp³-hybridized carbons (Fsp3) is 0. The van der Waals surface area contributed by atoms with Crippen LogP contribution in [0.5, 0.6) is 23.0 Å². The lowest BCUT2D eigenvalue weighted by Crippen LogP contribution is -2.16. The molecule has 0 amide bonds. The van der Waals surface area contributed by atoms with Crippen LogP contribution in [-0.2, 0) is 0 Å². The van der Waals surface area contributed by atoms with Crippen molar-refractivity contribution in [1.29, 1.82) is 0 Å². The van der Waals surface area contributed by atoms with Gasteiger partial charge in [-0.1, -0.05) is 80.4 Å². The summed E-state index contributed by atoms with van der Waals surface area (Å²) >= 11 is 7.73. The third-order valence-corrected chi connectivity index (χ3v) is 8.95. The molecule has 6 aromatic rings. The summed E-state index contributed by atoms with van der Waals surface area (Å²) in [5, 5.41) is 0. The van der Waals surface area contributed by atoms with Crippen LogP contribution in [0.15, 0.2) is 142 Å². The lowest BCUT2D eigenvalue weighted by molar-refractivity contribution is 0.476. The van der Waals surface area contributed by atoms with Gasteiger partial charge >= 0.3 is 0 Å². The molecule has 0 fully saturated rings. The first-order chi connectivity index (χ1) is 20.7. The lowest BCUT2D eigenvalue weighted by Gasteiger charge is -2.33. The molecule has 8 rings (SSSR count). The summed E-state index contributed by atoms with van der Waals surface area (Å²) in [7, 11) is 0. The van der Waals surface area contributed by atoms with Crippen LogP contribution < -0.4 is 19.3 Å². The fourth-order valence-electron chi connectivity index (χ4n) is 5.68. The van der Waals surface area contributed by atoms with Gasteiger partial charge < -0.3 is 19.3 Å². The van der Waals surface area contributed by atoms with Gasteiger partial charge in [-0.25, -0.2) is 0 Å². The van der Waals surface area contributed by atoms with Crippen LogP contribution >= 0.6 is 31.9 Å². The van der Waals surface area contributed by atoms with Crippen LogP contribution in [0.1, 0.15) is 0 Å². The summed E-state index contributed by atoms with van der Waals surface area (Å²) in [5.41, 5.74) is 8.21. The molecule has 0 atom stereocenters. The zero-order valence-electron chi connectivity index (χ0n) is 22.2. The summed E-state index contributed by atoms with van der Waals surface area (Å²) in [5.74, 6) is 3.31. The van der Waals surface area contributed by atoms with E-state index in [0.717, 1.165) is 77.2 Å². The third kappa shape index (κ3) is 4.10. The first-order valence-electron chi connectivity index (χ1n) is 13.6. The molecule has 0 aromatic heterocycles. The fourth-order valence-corrected chi connectivity index (χ4v) is 6.60. The first kappa shape index (κ1) is 25.2. The normalized spacial score (nSPS) is 12.8. The number of hydrogen-bond donors (Lipinski definition) is 0. The maximum Gasteiger partial charge on any atom is 0.151 e. The van der Waals surface area contributed by atoms with Crippen molar-refractivity contribution in [3.05, 3.63) is 142 Å². The molecule has 0 N–H and O–H groups in total. The van der Waals surface area contributed by atoms with Crippen LogP contribution in [0.2, 0.25) is 0 Å².